The van der Waals surface area contributed by atoms with Crippen LogP contribution in [0.1, 0.15) is 37.7 Å². The molecule has 5 nitrogen and oxygen atoms in total. The molecule has 0 spiro atoms. The lowest BCUT2D eigenvalue weighted by atomic mass is 9.89. The molecule has 0 N–H and O–H groups in total. The van der Waals surface area contributed by atoms with Crippen molar-refractivity contribution in [3.05, 3.63) is 35.9 Å². The van der Waals surface area contributed by atoms with E-state index in [2.05, 4.69) is 22.0 Å². The Bertz CT molecular complexity index is 817. The minimum absolute atomic E-state index is 0.00341. The van der Waals surface area contributed by atoms with Crippen LogP contribution >= 0.6 is 11.8 Å². The van der Waals surface area contributed by atoms with E-state index in [9.17, 15) is 13.2 Å². The fourth-order valence-corrected chi connectivity index (χ4v) is 8.31. The molecule has 4 rings (SSSR count). The Morgan fingerprint density at radius 1 is 1.11 bits per heavy atom. The first-order chi connectivity index (χ1) is 13.0. The van der Waals surface area contributed by atoms with Gasteiger partial charge in [-0.15, -0.1) is 0 Å². The molecule has 1 aliphatic carbocycles. The van der Waals surface area contributed by atoms with E-state index < -0.39 is 9.84 Å². The molecule has 0 bridgehead atoms. The zero-order chi connectivity index (χ0) is 18.9. The molecule has 2 heterocycles. The molecular formula is C20H26N2O3S2. The highest BCUT2D eigenvalue weighted by atomic mass is 32.2. The molecule has 7 heteroatoms. The highest BCUT2D eigenvalue weighted by molar-refractivity contribution is 8.15. The van der Waals surface area contributed by atoms with Gasteiger partial charge < -0.3 is 4.90 Å². The monoisotopic (exact) mass is 406 g/mol. The fraction of sp³-hybridized carbons (Fsp3) is 0.600. The van der Waals surface area contributed by atoms with Gasteiger partial charge in [-0.1, -0.05) is 61.4 Å². The van der Waals surface area contributed by atoms with Crippen LogP contribution in [0.25, 0.3) is 0 Å². The number of sulfone groups is 1. The molecule has 0 aromatic heterocycles. The van der Waals surface area contributed by atoms with Crippen LogP contribution in [0.5, 0.6) is 0 Å². The molecule has 27 heavy (non-hydrogen) atoms. The van der Waals surface area contributed by atoms with Gasteiger partial charge in [-0.25, -0.2) is 8.42 Å². The van der Waals surface area contributed by atoms with Gasteiger partial charge in [0.05, 0.1) is 17.5 Å². The van der Waals surface area contributed by atoms with E-state index in [4.69, 9.17) is 0 Å². The molecule has 2 atom stereocenters. The standard InChI is InChI=1S/C20H26N2O3S2/c23-19(16-9-5-2-6-10-16)21-20-22(12-11-15-7-3-1-4-8-15)17-13-27(24,25)14-18(17)26-20/h1,3-4,7-8,16-18H,2,5-6,9-14H2/t17-,18-/m1/s1. The summed E-state index contributed by atoms with van der Waals surface area (Å²) in [7, 11) is -3.00. The Balaban J connectivity index is 1.52. The lowest BCUT2D eigenvalue weighted by molar-refractivity contribution is -0.122. The molecule has 1 amide bonds. The average Bonchev–Trinajstić information content (AvgIpc) is 3.12. The first-order valence-corrected chi connectivity index (χ1v) is 12.5. The maximum Gasteiger partial charge on any atom is 0.251 e. The first kappa shape index (κ1) is 19.0. The highest BCUT2D eigenvalue weighted by Crippen LogP contribution is 2.38. The number of benzene rings is 1. The molecule has 0 unspecified atom stereocenters. The topological polar surface area (TPSA) is 66.8 Å². The van der Waals surface area contributed by atoms with Gasteiger partial charge in [-0.2, -0.15) is 4.99 Å². The Hall–Kier alpha value is -1.34. The quantitative estimate of drug-likeness (QED) is 0.769. The van der Waals surface area contributed by atoms with Gasteiger partial charge in [-0.3, -0.25) is 4.79 Å². The second-order valence-electron chi connectivity index (χ2n) is 7.80. The third-order valence-corrected chi connectivity index (χ3v) is 9.07. The minimum Gasteiger partial charge on any atom is -0.346 e. The molecule has 2 saturated heterocycles. The van der Waals surface area contributed by atoms with Gasteiger partial charge in [0, 0.05) is 17.7 Å². The number of amides is 1. The number of aliphatic imine (C=N–C) groups is 1. The summed E-state index contributed by atoms with van der Waals surface area (Å²) in [4.78, 5) is 19.3. The van der Waals surface area contributed by atoms with Gasteiger partial charge in [0.15, 0.2) is 15.0 Å². The number of rotatable bonds is 4. The van der Waals surface area contributed by atoms with Crippen LogP contribution in [-0.2, 0) is 21.1 Å². The van der Waals surface area contributed by atoms with Crippen LogP contribution in [0, 0.1) is 5.92 Å². The van der Waals surface area contributed by atoms with Crippen molar-refractivity contribution in [2.75, 3.05) is 18.1 Å². The molecule has 1 saturated carbocycles. The van der Waals surface area contributed by atoms with Crippen molar-refractivity contribution in [1.29, 1.82) is 0 Å². The van der Waals surface area contributed by atoms with Crippen LogP contribution in [0.2, 0.25) is 0 Å². The number of nitrogens with zero attached hydrogens (tertiary/aromatic N) is 2. The summed E-state index contributed by atoms with van der Waals surface area (Å²) in [5.41, 5.74) is 1.21. The Morgan fingerprint density at radius 3 is 2.59 bits per heavy atom. The Kier molecular flexibility index (Phi) is 5.60. The number of fused-ring (bicyclic) bond motifs is 1. The Labute approximate surface area is 165 Å². The summed E-state index contributed by atoms with van der Waals surface area (Å²) in [5, 5.41) is 0.745. The minimum atomic E-state index is -3.00. The normalized spacial score (nSPS) is 29.2. The van der Waals surface area contributed by atoms with E-state index in [0.29, 0.717) is 6.54 Å². The molecule has 1 aromatic carbocycles. The number of carbonyl (C=O) groups excluding carboxylic acids is 1. The van der Waals surface area contributed by atoms with Crippen molar-refractivity contribution in [3.63, 3.8) is 0 Å². The molecule has 146 valence electrons. The maximum absolute atomic E-state index is 12.7. The largest absolute Gasteiger partial charge is 0.346 e. The van der Waals surface area contributed by atoms with Crippen molar-refractivity contribution < 1.29 is 13.2 Å². The van der Waals surface area contributed by atoms with E-state index in [0.717, 1.165) is 37.3 Å². The molecule has 0 radical (unpaired) electrons. The number of amidine groups is 1. The molecule has 3 aliphatic rings. The summed E-state index contributed by atoms with van der Waals surface area (Å²) in [6.45, 7) is 0.699. The smallest absolute Gasteiger partial charge is 0.251 e. The Morgan fingerprint density at radius 2 is 1.85 bits per heavy atom. The van der Waals surface area contributed by atoms with Crippen molar-refractivity contribution in [2.45, 2.75) is 49.8 Å². The van der Waals surface area contributed by atoms with Crippen molar-refractivity contribution in [1.82, 2.24) is 4.90 Å². The number of hydrogen-bond acceptors (Lipinski definition) is 4. The number of hydrogen-bond donors (Lipinski definition) is 0. The van der Waals surface area contributed by atoms with Crippen molar-refractivity contribution >= 4 is 32.7 Å². The van der Waals surface area contributed by atoms with Crippen LogP contribution in [0.3, 0.4) is 0 Å². The molecule has 2 aliphatic heterocycles. The zero-order valence-corrected chi connectivity index (χ0v) is 17.1. The SMILES string of the molecule is O=C(N=C1S[C@@H]2CS(=O)(=O)C[C@H]2N1CCc1ccccc1)C1CCCCC1. The summed E-state index contributed by atoms with van der Waals surface area (Å²) < 4.78 is 24.2. The lowest BCUT2D eigenvalue weighted by Gasteiger charge is -2.25. The fourth-order valence-electron chi connectivity index (χ4n) is 4.33. The van der Waals surface area contributed by atoms with Crippen LogP contribution in [0.4, 0.5) is 0 Å². The van der Waals surface area contributed by atoms with Gasteiger partial charge >= 0.3 is 0 Å². The van der Waals surface area contributed by atoms with Gasteiger partial charge in [0.1, 0.15) is 0 Å². The predicted octanol–water partition coefficient (Wildman–Crippen LogP) is 2.91. The summed E-state index contributed by atoms with van der Waals surface area (Å²) in [5.74, 6) is 0.411. The van der Waals surface area contributed by atoms with Crippen molar-refractivity contribution in [3.8, 4) is 0 Å². The second-order valence-corrected chi connectivity index (χ2v) is 11.2. The number of thioether (sulfide) groups is 1. The molecule has 3 fully saturated rings. The third-order valence-electron chi connectivity index (χ3n) is 5.82. The van der Waals surface area contributed by atoms with E-state index in [1.54, 1.807) is 0 Å². The van der Waals surface area contributed by atoms with E-state index in [1.807, 2.05) is 18.2 Å². The predicted molar refractivity (Wildman–Crippen MR) is 110 cm³/mol. The van der Waals surface area contributed by atoms with Gasteiger partial charge in [0.2, 0.25) is 0 Å². The average molecular weight is 407 g/mol. The van der Waals surface area contributed by atoms with Crippen LogP contribution in [-0.4, -0.2) is 53.7 Å². The highest BCUT2D eigenvalue weighted by Gasteiger charge is 2.48. The summed E-state index contributed by atoms with van der Waals surface area (Å²) in [6, 6.07) is 10.1. The first-order valence-electron chi connectivity index (χ1n) is 9.82. The van der Waals surface area contributed by atoms with Crippen LogP contribution < -0.4 is 0 Å². The zero-order valence-electron chi connectivity index (χ0n) is 15.4. The van der Waals surface area contributed by atoms with Gasteiger partial charge in [-0.05, 0) is 24.8 Å². The second kappa shape index (κ2) is 7.95. The van der Waals surface area contributed by atoms with E-state index in [-0.39, 0.29) is 34.6 Å². The number of carbonyl (C=O) groups is 1. The summed E-state index contributed by atoms with van der Waals surface area (Å²) >= 11 is 1.50. The van der Waals surface area contributed by atoms with Crippen LogP contribution in [0.15, 0.2) is 35.3 Å². The third kappa shape index (κ3) is 4.40. The van der Waals surface area contributed by atoms with E-state index >= 15 is 0 Å². The van der Waals surface area contributed by atoms with Gasteiger partial charge in [0.25, 0.3) is 5.91 Å². The van der Waals surface area contributed by atoms with Crippen molar-refractivity contribution in [2.24, 2.45) is 10.9 Å². The maximum atomic E-state index is 12.7. The summed E-state index contributed by atoms with van der Waals surface area (Å²) in [6.07, 6.45) is 6.11. The van der Waals surface area contributed by atoms with E-state index in [1.165, 1.54) is 23.7 Å². The molecular weight excluding hydrogens is 380 g/mol. The molecule has 1 aromatic rings. The lowest BCUT2D eigenvalue weighted by Crippen LogP contribution is -2.39.